The molecular weight excluding hydrogens is 377 g/mol. The van der Waals surface area contributed by atoms with Crippen LogP contribution in [0.4, 0.5) is 4.39 Å². The predicted molar refractivity (Wildman–Crippen MR) is 105 cm³/mol. The van der Waals surface area contributed by atoms with E-state index in [-0.39, 0.29) is 5.82 Å². The fraction of sp³-hybridized carbons (Fsp3) is 0.273. The molecule has 0 saturated carbocycles. The van der Waals surface area contributed by atoms with Gasteiger partial charge in [-0.1, -0.05) is 18.2 Å². The van der Waals surface area contributed by atoms with Crippen molar-refractivity contribution >= 4 is 18.0 Å². The summed E-state index contributed by atoms with van der Waals surface area (Å²) in [6, 6.07) is 11.4. The second-order valence-electron chi connectivity index (χ2n) is 6.48. The molecule has 0 fully saturated rings. The molecule has 29 heavy (non-hydrogen) atoms. The molecule has 0 spiro atoms. The summed E-state index contributed by atoms with van der Waals surface area (Å²) in [7, 11) is 0. The van der Waals surface area contributed by atoms with E-state index in [0.717, 1.165) is 11.1 Å². The number of ether oxygens (including phenoxy) is 3. The Kier molecular flexibility index (Phi) is 6.84. The van der Waals surface area contributed by atoms with Crippen molar-refractivity contribution < 1.29 is 28.2 Å². The van der Waals surface area contributed by atoms with E-state index in [1.165, 1.54) is 25.1 Å². The fourth-order valence-electron chi connectivity index (χ4n) is 2.72. The van der Waals surface area contributed by atoms with Gasteiger partial charge in [-0.25, -0.2) is 9.18 Å². The average molecular weight is 399 g/mol. The van der Waals surface area contributed by atoms with Crippen molar-refractivity contribution in [2.75, 3.05) is 19.8 Å². The first kappa shape index (κ1) is 20.4. The zero-order valence-electron chi connectivity index (χ0n) is 16.0. The van der Waals surface area contributed by atoms with Crippen molar-refractivity contribution in [3.05, 3.63) is 65.5 Å². The third-order valence-corrected chi connectivity index (χ3v) is 4.27. The summed E-state index contributed by atoms with van der Waals surface area (Å²) in [6.45, 7) is 2.86. The molecule has 1 aliphatic rings. The molecule has 0 aliphatic carbocycles. The van der Waals surface area contributed by atoms with E-state index in [9.17, 15) is 14.0 Å². The lowest BCUT2D eigenvalue weighted by Crippen LogP contribution is -2.36. The van der Waals surface area contributed by atoms with Crippen LogP contribution in [0.1, 0.15) is 18.1 Å². The van der Waals surface area contributed by atoms with Crippen LogP contribution >= 0.6 is 0 Å². The van der Waals surface area contributed by atoms with Gasteiger partial charge >= 0.3 is 5.97 Å². The van der Waals surface area contributed by atoms with Gasteiger partial charge in [-0.2, -0.15) is 0 Å². The standard InChI is InChI=1S/C22H22FNO5/c1-15(22(26)24-11-10-16-2-6-18(23)7-3-16)29-21(25)9-5-17-4-8-19-20(14-17)28-13-12-27-19/h2-9,14-15H,10-13H2,1H3,(H,24,26)/b9-5+/t15-/m1/s1. The zero-order chi connectivity index (χ0) is 20.6. The van der Waals surface area contributed by atoms with Crippen molar-refractivity contribution in [1.29, 1.82) is 0 Å². The number of fused-ring (bicyclic) bond motifs is 1. The maximum Gasteiger partial charge on any atom is 0.331 e. The Bertz CT molecular complexity index is 895. The van der Waals surface area contributed by atoms with Gasteiger partial charge < -0.3 is 19.5 Å². The van der Waals surface area contributed by atoms with E-state index in [1.807, 2.05) is 0 Å². The number of hydrogen-bond donors (Lipinski definition) is 1. The Labute approximate surface area is 168 Å². The summed E-state index contributed by atoms with van der Waals surface area (Å²) in [5.74, 6) is -0.0283. The lowest BCUT2D eigenvalue weighted by molar-refractivity contribution is -0.150. The van der Waals surface area contributed by atoms with Crippen LogP contribution in [-0.2, 0) is 20.7 Å². The largest absolute Gasteiger partial charge is 0.486 e. The molecule has 0 radical (unpaired) electrons. The maximum atomic E-state index is 12.9. The van der Waals surface area contributed by atoms with E-state index in [4.69, 9.17) is 14.2 Å². The van der Waals surface area contributed by atoms with Gasteiger partial charge in [0.1, 0.15) is 19.0 Å². The number of carbonyl (C=O) groups excluding carboxylic acids is 2. The van der Waals surface area contributed by atoms with Gasteiger partial charge in [0.25, 0.3) is 5.91 Å². The molecule has 1 amide bonds. The van der Waals surface area contributed by atoms with E-state index in [0.29, 0.717) is 37.7 Å². The third-order valence-electron chi connectivity index (χ3n) is 4.27. The highest BCUT2D eigenvalue weighted by Gasteiger charge is 2.16. The van der Waals surface area contributed by atoms with Gasteiger partial charge in [0.15, 0.2) is 17.6 Å². The molecule has 7 heteroatoms. The average Bonchev–Trinajstić information content (AvgIpc) is 2.73. The van der Waals surface area contributed by atoms with Gasteiger partial charge in [-0.05, 0) is 54.8 Å². The van der Waals surface area contributed by atoms with Gasteiger partial charge in [0, 0.05) is 12.6 Å². The van der Waals surface area contributed by atoms with Crippen molar-refractivity contribution in [3.8, 4) is 11.5 Å². The van der Waals surface area contributed by atoms with Crippen LogP contribution in [0.15, 0.2) is 48.5 Å². The summed E-state index contributed by atoms with van der Waals surface area (Å²) < 4.78 is 28.9. The van der Waals surface area contributed by atoms with Crippen LogP contribution in [0.3, 0.4) is 0 Å². The van der Waals surface area contributed by atoms with Crippen molar-refractivity contribution in [2.45, 2.75) is 19.4 Å². The third kappa shape index (κ3) is 6.07. The molecule has 1 atom stereocenters. The second-order valence-corrected chi connectivity index (χ2v) is 6.48. The maximum absolute atomic E-state index is 12.9. The molecule has 152 valence electrons. The van der Waals surface area contributed by atoms with Crippen LogP contribution in [-0.4, -0.2) is 37.7 Å². The second kappa shape index (κ2) is 9.73. The van der Waals surface area contributed by atoms with Crippen LogP contribution in [0, 0.1) is 5.82 Å². The topological polar surface area (TPSA) is 73.9 Å². The normalized spacial score (nSPS) is 13.7. The number of amides is 1. The van der Waals surface area contributed by atoms with Crippen molar-refractivity contribution in [1.82, 2.24) is 5.32 Å². The quantitative estimate of drug-likeness (QED) is 0.573. The molecular formula is C22H22FNO5. The molecule has 6 nitrogen and oxygen atoms in total. The van der Waals surface area contributed by atoms with Crippen molar-refractivity contribution in [3.63, 3.8) is 0 Å². The highest BCUT2D eigenvalue weighted by atomic mass is 19.1. The Balaban J connectivity index is 1.43. The molecule has 0 bridgehead atoms. The Morgan fingerprint density at radius 3 is 2.62 bits per heavy atom. The SMILES string of the molecule is C[C@@H](OC(=O)/C=C/c1ccc2c(c1)OCCO2)C(=O)NCCc1ccc(F)cc1. The molecule has 2 aromatic carbocycles. The van der Waals surface area contributed by atoms with Gasteiger partial charge in [0.2, 0.25) is 0 Å². The minimum atomic E-state index is -0.930. The summed E-state index contributed by atoms with van der Waals surface area (Å²) >= 11 is 0. The van der Waals surface area contributed by atoms with Crippen LogP contribution in [0.25, 0.3) is 6.08 Å². The van der Waals surface area contributed by atoms with Crippen LogP contribution in [0.2, 0.25) is 0 Å². The lowest BCUT2D eigenvalue weighted by Gasteiger charge is -2.18. The zero-order valence-corrected chi connectivity index (χ0v) is 16.0. The summed E-state index contributed by atoms with van der Waals surface area (Å²) in [4.78, 5) is 24.0. The number of rotatable bonds is 7. The smallest absolute Gasteiger partial charge is 0.331 e. The van der Waals surface area contributed by atoms with E-state index in [1.54, 1.807) is 36.4 Å². The molecule has 1 N–H and O–H groups in total. The molecule has 1 heterocycles. The van der Waals surface area contributed by atoms with E-state index in [2.05, 4.69) is 5.32 Å². The highest BCUT2D eigenvalue weighted by molar-refractivity contribution is 5.90. The van der Waals surface area contributed by atoms with Crippen molar-refractivity contribution in [2.24, 2.45) is 0 Å². The van der Waals surface area contributed by atoms with E-state index < -0.39 is 18.0 Å². The van der Waals surface area contributed by atoms with Gasteiger partial charge in [-0.15, -0.1) is 0 Å². The lowest BCUT2D eigenvalue weighted by atomic mass is 10.1. The minimum absolute atomic E-state index is 0.303. The Morgan fingerprint density at radius 2 is 1.86 bits per heavy atom. The highest BCUT2D eigenvalue weighted by Crippen LogP contribution is 2.31. The first-order valence-corrected chi connectivity index (χ1v) is 9.32. The monoisotopic (exact) mass is 399 g/mol. The number of carbonyl (C=O) groups is 2. The van der Waals surface area contributed by atoms with Gasteiger partial charge in [0.05, 0.1) is 0 Å². The molecule has 2 aromatic rings. The molecule has 0 saturated heterocycles. The number of halogens is 1. The van der Waals surface area contributed by atoms with Gasteiger partial charge in [-0.3, -0.25) is 4.79 Å². The number of benzene rings is 2. The summed E-state index contributed by atoms with van der Waals surface area (Å²) in [6.07, 6.45) is 2.46. The summed E-state index contributed by atoms with van der Waals surface area (Å²) in [5, 5.41) is 2.69. The molecule has 0 unspecified atom stereocenters. The molecule has 1 aliphatic heterocycles. The number of nitrogens with one attached hydrogen (secondary N) is 1. The predicted octanol–water partition coefficient (Wildman–Crippen LogP) is 2.90. The van der Waals surface area contributed by atoms with E-state index >= 15 is 0 Å². The summed E-state index contributed by atoms with van der Waals surface area (Å²) in [5.41, 5.74) is 1.65. The molecule has 0 aromatic heterocycles. The minimum Gasteiger partial charge on any atom is -0.486 e. The number of hydrogen-bond acceptors (Lipinski definition) is 5. The number of esters is 1. The van der Waals surface area contributed by atoms with Crippen LogP contribution in [0.5, 0.6) is 11.5 Å². The molecule has 3 rings (SSSR count). The fourth-order valence-corrected chi connectivity index (χ4v) is 2.72. The Morgan fingerprint density at radius 1 is 1.14 bits per heavy atom. The van der Waals surface area contributed by atoms with Crippen LogP contribution < -0.4 is 14.8 Å². The first-order chi connectivity index (χ1) is 14.0. The first-order valence-electron chi connectivity index (χ1n) is 9.32. The Hall–Kier alpha value is -3.35.